The zero-order valence-corrected chi connectivity index (χ0v) is 11.8. The molecule has 2 heterocycles. The van der Waals surface area contributed by atoms with Crippen LogP contribution in [-0.4, -0.2) is 19.3 Å². The van der Waals surface area contributed by atoms with Gasteiger partial charge in [-0.15, -0.1) is 0 Å². The van der Waals surface area contributed by atoms with Gasteiger partial charge in [0.1, 0.15) is 22.8 Å². The highest BCUT2D eigenvalue weighted by Crippen LogP contribution is 2.28. The van der Waals surface area contributed by atoms with Gasteiger partial charge in [0, 0.05) is 7.05 Å². The number of anilines is 1. The van der Waals surface area contributed by atoms with Crippen molar-refractivity contribution in [2.75, 3.05) is 5.73 Å². The van der Waals surface area contributed by atoms with Crippen LogP contribution in [0.4, 0.5) is 14.7 Å². The van der Waals surface area contributed by atoms with E-state index < -0.39 is 11.6 Å². The van der Waals surface area contributed by atoms with Crippen LogP contribution in [-0.2, 0) is 13.5 Å². The van der Waals surface area contributed by atoms with E-state index in [1.165, 1.54) is 22.8 Å². The molecule has 0 aliphatic rings. The molecule has 0 aliphatic carbocycles. The van der Waals surface area contributed by atoms with Crippen molar-refractivity contribution in [3.05, 3.63) is 35.5 Å². The molecular formula is C14H15F2N5. The number of nitrogens with zero attached hydrogens (tertiary/aromatic N) is 4. The van der Waals surface area contributed by atoms with Crippen molar-refractivity contribution >= 4 is 17.1 Å². The van der Waals surface area contributed by atoms with E-state index in [9.17, 15) is 8.78 Å². The summed E-state index contributed by atoms with van der Waals surface area (Å²) in [5.74, 6) is -1.35. The molecule has 3 rings (SSSR count). The number of halogens is 2. The molecule has 2 aromatic heterocycles. The van der Waals surface area contributed by atoms with Crippen molar-refractivity contribution < 1.29 is 8.78 Å². The van der Waals surface area contributed by atoms with Crippen LogP contribution in [0.5, 0.6) is 0 Å². The third-order valence-electron chi connectivity index (χ3n) is 3.38. The van der Waals surface area contributed by atoms with Gasteiger partial charge in [-0.05, 0) is 18.6 Å². The predicted octanol–water partition coefficient (Wildman–Crippen LogP) is 2.57. The lowest BCUT2D eigenvalue weighted by Crippen LogP contribution is -2.08. The summed E-state index contributed by atoms with van der Waals surface area (Å²) in [6.07, 6.45) is 1.63. The number of nitrogen functional groups attached to an aromatic ring is 1. The van der Waals surface area contributed by atoms with Crippen LogP contribution >= 0.6 is 0 Å². The maximum atomic E-state index is 14.0. The topological polar surface area (TPSA) is 61.7 Å². The first-order valence-electron chi connectivity index (χ1n) is 6.68. The maximum absolute atomic E-state index is 14.0. The van der Waals surface area contributed by atoms with Crippen LogP contribution in [0.1, 0.15) is 19.0 Å². The van der Waals surface area contributed by atoms with Gasteiger partial charge in [-0.3, -0.25) is 4.57 Å². The second-order valence-corrected chi connectivity index (χ2v) is 4.87. The lowest BCUT2D eigenvalue weighted by atomic mass is 10.2. The number of imidazole rings is 1. The van der Waals surface area contributed by atoms with Crippen molar-refractivity contribution in [2.24, 2.45) is 7.05 Å². The van der Waals surface area contributed by atoms with E-state index in [2.05, 4.69) is 10.1 Å². The molecule has 0 fully saturated rings. The molecule has 0 radical (unpaired) electrons. The molecular weight excluding hydrogens is 276 g/mol. The number of fused-ring (bicyclic) bond motifs is 1. The van der Waals surface area contributed by atoms with Gasteiger partial charge in [-0.1, -0.05) is 19.4 Å². The monoisotopic (exact) mass is 291 g/mol. The summed E-state index contributed by atoms with van der Waals surface area (Å²) >= 11 is 0. The van der Waals surface area contributed by atoms with Crippen LogP contribution in [0.15, 0.2) is 18.2 Å². The van der Waals surface area contributed by atoms with Crippen LogP contribution in [0, 0.1) is 11.6 Å². The van der Waals surface area contributed by atoms with Gasteiger partial charge in [0.05, 0.1) is 5.69 Å². The number of benzene rings is 1. The molecule has 7 heteroatoms. The van der Waals surface area contributed by atoms with Gasteiger partial charge >= 0.3 is 0 Å². The largest absolute Gasteiger partial charge is 0.369 e. The van der Waals surface area contributed by atoms with Gasteiger partial charge < -0.3 is 5.73 Å². The number of nitrogens with two attached hydrogens (primary N) is 1. The van der Waals surface area contributed by atoms with Crippen LogP contribution in [0.2, 0.25) is 0 Å². The summed E-state index contributed by atoms with van der Waals surface area (Å²) in [5, 5.41) is 4.36. The van der Waals surface area contributed by atoms with E-state index in [1.54, 1.807) is 11.7 Å². The number of rotatable bonds is 3. The molecule has 0 spiro atoms. The Morgan fingerprint density at radius 2 is 1.90 bits per heavy atom. The van der Waals surface area contributed by atoms with Gasteiger partial charge in [0.15, 0.2) is 5.65 Å². The number of hydrogen-bond acceptors (Lipinski definition) is 3. The van der Waals surface area contributed by atoms with Crippen molar-refractivity contribution in [1.82, 2.24) is 19.3 Å². The smallest absolute Gasteiger partial charge is 0.207 e. The van der Waals surface area contributed by atoms with E-state index in [0.717, 1.165) is 18.5 Å². The normalized spacial score (nSPS) is 11.4. The van der Waals surface area contributed by atoms with Crippen LogP contribution < -0.4 is 5.73 Å². The molecule has 1 aromatic carbocycles. The Kier molecular flexibility index (Phi) is 3.12. The second-order valence-electron chi connectivity index (χ2n) is 4.87. The first kappa shape index (κ1) is 13.5. The summed E-state index contributed by atoms with van der Waals surface area (Å²) in [6, 6.07) is 3.68. The Balaban J connectivity index is 2.36. The summed E-state index contributed by atoms with van der Waals surface area (Å²) < 4.78 is 30.9. The van der Waals surface area contributed by atoms with Crippen molar-refractivity contribution in [3.63, 3.8) is 0 Å². The SMILES string of the molecule is CCCc1nn(C)c2c1nc(N)n2-c1c(F)cccc1F. The van der Waals surface area contributed by atoms with E-state index in [0.29, 0.717) is 11.2 Å². The average molecular weight is 291 g/mol. The predicted molar refractivity (Wildman–Crippen MR) is 76.2 cm³/mol. The Hall–Kier alpha value is -2.44. The van der Waals surface area contributed by atoms with Crippen LogP contribution in [0.3, 0.4) is 0 Å². The molecule has 0 saturated heterocycles. The molecule has 5 nitrogen and oxygen atoms in total. The zero-order valence-electron chi connectivity index (χ0n) is 11.8. The summed E-state index contributed by atoms with van der Waals surface area (Å²) in [7, 11) is 1.71. The highest BCUT2D eigenvalue weighted by molar-refractivity contribution is 5.80. The Morgan fingerprint density at radius 1 is 1.24 bits per heavy atom. The first-order valence-corrected chi connectivity index (χ1v) is 6.68. The Morgan fingerprint density at radius 3 is 2.52 bits per heavy atom. The summed E-state index contributed by atoms with van der Waals surface area (Å²) in [6.45, 7) is 2.03. The third kappa shape index (κ3) is 1.96. The molecule has 0 atom stereocenters. The molecule has 2 N–H and O–H groups in total. The lowest BCUT2D eigenvalue weighted by molar-refractivity contribution is 0.570. The fraction of sp³-hybridized carbons (Fsp3) is 0.286. The van der Waals surface area contributed by atoms with E-state index in [-0.39, 0.29) is 11.6 Å². The molecule has 0 saturated carbocycles. The molecule has 0 unspecified atom stereocenters. The zero-order chi connectivity index (χ0) is 15.1. The van der Waals surface area contributed by atoms with E-state index in [4.69, 9.17) is 5.73 Å². The minimum atomic E-state index is -0.695. The molecule has 0 bridgehead atoms. The van der Waals surface area contributed by atoms with Gasteiger partial charge in [-0.25, -0.2) is 18.4 Å². The summed E-state index contributed by atoms with van der Waals surface area (Å²) in [5.41, 5.74) is 7.49. The molecule has 21 heavy (non-hydrogen) atoms. The molecule has 0 aliphatic heterocycles. The molecule has 110 valence electrons. The van der Waals surface area contributed by atoms with Gasteiger partial charge in [0.2, 0.25) is 5.95 Å². The molecule has 0 amide bonds. The number of aryl methyl sites for hydroxylation is 2. The van der Waals surface area contributed by atoms with Gasteiger partial charge in [-0.2, -0.15) is 5.10 Å². The summed E-state index contributed by atoms with van der Waals surface area (Å²) in [4.78, 5) is 4.24. The number of hydrogen-bond donors (Lipinski definition) is 1. The van der Waals surface area contributed by atoms with Crippen molar-refractivity contribution in [2.45, 2.75) is 19.8 Å². The Labute approximate surface area is 120 Å². The molecule has 3 aromatic rings. The highest BCUT2D eigenvalue weighted by atomic mass is 19.1. The minimum absolute atomic E-state index is 0.0411. The fourth-order valence-electron chi connectivity index (χ4n) is 2.52. The quantitative estimate of drug-likeness (QED) is 0.806. The third-order valence-corrected chi connectivity index (χ3v) is 3.38. The highest BCUT2D eigenvalue weighted by Gasteiger charge is 2.22. The fourth-order valence-corrected chi connectivity index (χ4v) is 2.52. The van der Waals surface area contributed by atoms with Crippen molar-refractivity contribution in [1.29, 1.82) is 0 Å². The average Bonchev–Trinajstić information content (AvgIpc) is 2.90. The van der Waals surface area contributed by atoms with Crippen LogP contribution in [0.25, 0.3) is 16.9 Å². The number of para-hydroxylation sites is 1. The van der Waals surface area contributed by atoms with E-state index in [1.807, 2.05) is 6.92 Å². The van der Waals surface area contributed by atoms with Crippen molar-refractivity contribution in [3.8, 4) is 5.69 Å². The van der Waals surface area contributed by atoms with Gasteiger partial charge in [0.25, 0.3) is 0 Å². The number of aromatic nitrogens is 4. The standard InChI is InChI=1S/C14H15F2N5/c1-3-5-10-11-13(20(2)19-10)21(14(17)18-11)12-8(15)6-4-7-9(12)16/h4,6-7H,3,5H2,1-2H3,(H2,17,18). The Bertz CT molecular complexity index is 798. The second kappa shape index (κ2) is 4.83. The van der Waals surface area contributed by atoms with E-state index >= 15 is 0 Å². The first-order chi connectivity index (χ1) is 10.0. The maximum Gasteiger partial charge on any atom is 0.207 e. The lowest BCUT2D eigenvalue weighted by Gasteiger charge is -2.09. The minimum Gasteiger partial charge on any atom is -0.369 e.